The van der Waals surface area contributed by atoms with Crippen LogP contribution < -0.4 is 10.5 Å². The van der Waals surface area contributed by atoms with Gasteiger partial charge in [0, 0.05) is 44.5 Å². The molecule has 1 aliphatic carbocycles. The summed E-state index contributed by atoms with van der Waals surface area (Å²) in [6, 6.07) is 8.42. The Kier molecular flexibility index (Phi) is 4.26. The van der Waals surface area contributed by atoms with Crippen LogP contribution in [0.4, 0.5) is 5.82 Å². The number of anilines is 1. The van der Waals surface area contributed by atoms with Crippen LogP contribution in [-0.4, -0.2) is 47.0 Å². The summed E-state index contributed by atoms with van der Waals surface area (Å²) in [7, 11) is 0. The van der Waals surface area contributed by atoms with E-state index in [4.69, 9.17) is 0 Å². The van der Waals surface area contributed by atoms with Gasteiger partial charge < -0.3 is 14.8 Å². The van der Waals surface area contributed by atoms with E-state index in [-0.39, 0.29) is 17.4 Å². The Labute approximate surface area is 146 Å². The molecule has 4 rings (SSSR count). The van der Waals surface area contributed by atoms with Gasteiger partial charge in [-0.1, -0.05) is 24.3 Å². The number of piperazine rings is 1. The molecule has 2 aromatic rings. The first-order valence-electron chi connectivity index (χ1n) is 8.86. The van der Waals surface area contributed by atoms with E-state index in [1.165, 1.54) is 17.3 Å². The van der Waals surface area contributed by atoms with Gasteiger partial charge in [-0.2, -0.15) is 0 Å². The van der Waals surface area contributed by atoms with Crippen LogP contribution in [0.25, 0.3) is 0 Å². The van der Waals surface area contributed by atoms with Crippen molar-refractivity contribution in [3.8, 4) is 0 Å². The molecule has 0 bridgehead atoms. The molecule has 0 radical (unpaired) electrons. The fraction of sp³-hybridized carbons (Fsp3) is 0.421. The van der Waals surface area contributed by atoms with Crippen LogP contribution in [0.1, 0.15) is 17.5 Å². The van der Waals surface area contributed by atoms with Crippen LogP contribution in [0.2, 0.25) is 0 Å². The van der Waals surface area contributed by atoms with E-state index >= 15 is 0 Å². The second-order valence-corrected chi connectivity index (χ2v) is 6.76. The summed E-state index contributed by atoms with van der Waals surface area (Å²) in [6.45, 7) is 2.59. The molecular formula is C19H22N4O2. The first-order valence-corrected chi connectivity index (χ1v) is 8.86. The minimum Gasteiger partial charge on any atom is -0.348 e. The lowest BCUT2D eigenvalue weighted by Gasteiger charge is -2.37. The molecule has 1 aliphatic heterocycles. The molecule has 130 valence electrons. The van der Waals surface area contributed by atoms with Gasteiger partial charge in [-0.3, -0.25) is 9.59 Å². The number of benzene rings is 1. The minimum atomic E-state index is -0.175. The summed E-state index contributed by atoms with van der Waals surface area (Å²) in [5.74, 6) is 0.782. The van der Waals surface area contributed by atoms with E-state index in [1.807, 2.05) is 9.80 Å². The van der Waals surface area contributed by atoms with Crippen molar-refractivity contribution in [3.63, 3.8) is 0 Å². The maximum Gasteiger partial charge on any atom is 0.290 e. The summed E-state index contributed by atoms with van der Waals surface area (Å²) in [4.78, 5) is 35.5. The molecule has 1 aromatic carbocycles. The number of fused-ring (bicyclic) bond motifs is 1. The molecule has 0 spiro atoms. The highest BCUT2D eigenvalue weighted by atomic mass is 16.2. The number of aromatic amines is 1. The van der Waals surface area contributed by atoms with Crippen LogP contribution in [0.15, 0.2) is 41.5 Å². The van der Waals surface area contributed by atoms with Crippen molar-refractivity contribution in [3.05, 3.63) is 58.1 Å². The van der Waals surface area contributed by atoms with Crippen molar-refractivity contribution in [1.82, 2.24) is 14.9 Å². The number of carbonyl (C=O) groups is 1. The number of hydrogen-bond acceptors (Lipinski definition) is 4. The Hall–Kier alpha value is -2.63. The zero-order valence-electron chi connectivity index (χ0n) is 14.1. The number of rotatable bonds is 2. The van der Waals surface area contributed by atoms with E-state index in [2.05, 4.69) is 34.2 Å². The third kappa shape index (κ3) is 3.16. The number of nitrogens with one attached hydrogen (secondary N) is 1. The Morgan fingerprint density at radius 3 is 2.64 bits per heavy atom. The zero-order chi connectivity index (χ0) is 17.2. The zero-order valence-corrected chi connectivity index (χ0v) is 14.1. The molecule has 6 heteroatoms. The Morgan fingerprint density at radius 1 is 1.12 bits per heavy atom. The van der Waals surface area contributed by atoms with Crippen LogP contribution >= 0.6 is 0 Å². The molecule has 1 aromatic heterocycles. The number of H-pyrrole nitrogens is 1. The van der Waals surface area contributed by atoms with Gasteiger partial charge in [-0.05, 0) is 30.4 Å². The summed E-state index contributed by atoms with van der Waals surface area (Å²) in [5.41, 5.74) is 2.52. The number of nitrogens with zero attached hydrogens (tertiary/aromatic N) is 3. The second-order valence-electron chi connectivity index (χ2n) is 6.76. The van der Waals surface area contributed by atoms with E-state index < -0.39 is 0 Å². The molecule has 25 heavy (non-hydrogen) atoms. The predicted octanol–water partition coefficient (Wildman–Crippen LogP) is 1.22. The molecule has 6 nitrogen and oxygen atoms in total. The Balaban J connectivity index is 1.39. The standard InChI is InChI=1S/C19H22N4O2/c24-18-17(20-7-8-21-18)22-9-11-23(12-10-22)19(25)16-6-5-14-3-1-2-4-15(14)13-16/h1-4,7-8,16H,5-6,9-13H2,(H,21,24)/t16-/m0/s1. The van der Waals surface area contributed by atoms with Gasteiger partial charge in [0.25, 0.3) is 5.56 Å². The SMILES string of the molecule is O=C([C@H]1CCc2ccccc2C1)N1CCN(c2ncc[nH]c2=O)CC1. The largest absolute Gasteiger partial charge is 0.348 e. The van der Waals surface area contributed by atoms with Gasteiger partial charge in [-0.15, -0.1) is 0 Å². The molecule has 2 aliphatic rings. The van der Waals surface area contributed by atoms with Crippen molar-refractivity contribution in [2.75, 3.05) is 31.1 Å². The fourth-order valence-electron chi connectivity index (χ4n) is 3.87. The maximum atomic E-state index is 12.9. The Bertz CT molecular complexity index is 824. The number of hydrogen-bond donors (Lipinski definition) is 1. The summed E-state index contributed by atoms with van der Waals surface area (Å²) < 4.78 is 0. The third-order valence-electron chi connectivity index (χ3n) is 5.28. The lowest BCUT2D eigenvalue weighted by molar-refractivity contribution is -0.136. The number of aryl methyl sites for hydroxylation is 1. The average Bonchev–Trinajstić information content (AvgIpc) is 2.67. The van der Waals surface area contributed by atoms with Gasteiger partial charge in [-0.25, -0.2) is 4.98 Å². The number of carbonyl (C=O) groups excluding carboxylic acids is 1. The first-order chi connectivity index (χ1) is 12.2. The van der Waals surface area contributed by atoms with Gasteiger partial charge in [0.05, 0.1) is 0 Å². The van der Waals surface area contributed by atoms with Crippen LogP contribution in [0, 0.1) is 5.92 Å². The highest BCUT2D eigenvalue weighted by molar-refractivity contribution is 5.80. The summed E-state index contributed by atoms with van der Waals surface area (Å²) >= 11 is 0. The van der Waals surface area contributed by atoms with Gasteiger partial charge in [0.2, 0.25) is 5.91 Å². The van der Waals surface area contributed by atoms with E-state index in [9.17, 15) is 9.59 Å². The highest BCUT2D eigenvalue weighted by Gasteiger charge is 2.30. The topological polar surface area (TPSA) is 69.3 Å². The molecular weight excluding hydrogens is 316 g/mol. The maximum absolute atomic E-state index is 12.9. The van der Waals surface area contributed by atoms with Crippen molar-refractivity contribution in [1.29, 1.82) is 0 Å². The fourth-order valence-corrected chi connectivity index (χ4v) is 3.87. The summed E-state index contributed by atoms with van der Waals surface area (Å²) in [5, 5.41) is 0. The third-order valence-corrected chi connectivity index (χ3v) is 5.28. The smallest absolute Gasteiger partial charge is 0.290 e. The normalized spacial score (nSPS) is 20.2. The lowest BCUT2D eigenvalue weighted by atomic mass is 9.83. The van der Waals surface area contributed by atoms with E-state index in [1.54, 1.807) is 6.20 Å². The monoisotopic (exact) mass is 338 g/mol. The van der Waals surface area contributed by atoms with Crippen molar-refractivity contribution >= 4 is 11.7 Å². The average molecular weight is 338 g/mol. The number of amides is 1. The van der Waals surface area contributed by atoms with Crippen LogP contribution in [-0.2, 0) is 17.6 Å². The van der Waals surface area contributed by atoms with Gasteiger partial charge in [0.15, 0.2) is 5.82 Å². The molecule has 0 unspecified atom stereocenters. The van der Waals surface area contributed by atoms with E-state index in [0.717, 1.165) is 19.3 Å². The summed E-state index contributed by atoms with van der Waals surface area (Å²) in [6.07, 6.45) is 5.88. The molecule has 1 atom stereocenters. The van der Waals surface area contributed by atoms with Crippen molar-refractivity contribution < 1.29 is 4.79 Å². The Morgan fingerprint density at radius 2 is 1.88 bits per heavy atom. The molecule has 1 saturated heterocycles. The van der Waals surface area contributed by atoms with Crippen molar-refractivity contribution in [2.45, 2.75) is 19.3 Å². The van der Waals surface area contributed by atoms with Gasteiger partial charge in [0.1, 0.15) is 0 Å². The molecule has 2 heterocycles. The van der Waals surface area contributed by atoms with Gasteiger partial charge >= 0.3 is 0 Å². The van der Waals surface area contributed by atoms with Crippen LogP contribution in [0.3, 0.4) is 0 Å². The second kappa shape index (κ2) is 6.70. The van der Waals surface area contributed by atoms with E-state index in [0.29, 0.717) is 32.0 Å². The van der Waals surface area contributed by atoms with Crippen LogP contribution in [0.5, 0.6) is 0 Å². The molecule has 1 amide bonds. The van der Waals surface area contributed by atoms with Crippen molar-refractivity contribution in [2.24, 2.45) is 5.92 Å². The molecule has 1 N–H and O–H groups in total. The number of aromatic nitrogens is 2. The molecule has 0 saturated carbocycles. The quantitative estimate of drug-likeness (QED) is 0.894. The minimum absolute atomic E-state index is 0.0831. The predicted molar refractivity (Wildman–Crippen MR) is 95.6 cm³/mol. The molecule has 1 fully saturated rings. The lowest BCUT2D eigenvalue weighted by Crippen LogP contribution is -2.52. The first kappa shape index (κ1) is 15.9. The highest BCUT2D eigenvalue weighted by Crippen LogP contribution is 2.27.